The fourth-order valence-corrected chi connectivity index (χ4v) is 3.39. The molecule has 3 aromatic carbocycles. The molecule has 0 saturated carbocycles. The number of carbonyl (C=O) groups is 1. The Morgan fingerprint density at radius 1 is 0.812 bits per heavy atom. The van der Waals surface area contributed by atoms with Gasteiger partial charge in [-0.3, -0.25) is 4.79 Å². The number of carbonyl (C=O) groups excluding carboxylic acids is 1. The second-order valence-electron chi connectivity index (χ2n) is 7.53. The van der Waals surface area contributed by atoms with Crippen LogP contribution < -0.4 is 24.3 Å². The van der Waals surface area contributed by atoms with Gasteiger partial charge in [0.2, 0.25) is 0 Å². The van der Waals surface area contributed by atoms with Crippen molar-refractivity contribution in [3.63, 3.8) is 0 Å². The van der Waals surface area contributed by atoms with E-state index in [0.717, 1.165) is 16.9 Å². The second-order valence-corrected chi connectivity index (χ2v) is 7.53. The van der Waals surface area contributed by atoms with Crippen LogP contribution in [0.2, 0.25) is 0 Å². The van der Waals surface area contributed by atoms with Gasteiger partial charge in [0.25, 0.3) is 5.91 Å². The van der Waals surface area contributed by atoms with E-state index in [1.165, 1.54) is 0 Å². The molecule has 168 valence electrons. The summed E-state index contributed by atoms with van der Waals surface area (Å²) in [5.41, 5.74) is 3.02. The van der Waals surface area contributed by atoms with Crippen molar-refractivity contribution in [2.45, 2.75) is 26.4 Å². The number of benzene rings is 3. The van der Waals surface area contributed by atoms with Gasteiger partial charge in [-0.2, -0.15) is 0 Å². The number of para-hydroxylation sites is 1. The first-order valence-corrected chi connectivity index (χ1v) is 10.4. The van der Waals surface area contributed by atoms with E-state index in [4.69, 9.17) is 18.9 Å². The van der Waals surface area contributed by atoms with E-state index in [2.05, 4.69) is 25.2 Å². The van der Waals surface area contributed by atoms with E-state index in [1.807, 2.05) is 18.2 Å². The molecule has 0 aliphatic rings. The average molecular weight is 436 g/mol. The van der Waals surface area contributed by atoms with E-state index < -0.39 is 0 Å². The Labute approximate surface area is 189 Å². The van der Waals surface area contributed by atoms with Crippen molar-refractivity contribution in [2.75, 3.05) is 26.6 Å². The zero-order valence-electron chi connectivity index (χ0n) is 19.1. The van der Waals surface area contributed by atoms with Gasteiger partial charge in [-0.1, -0.05) is 32.0 Å². The number of rotatable bonds is 9. The number of anilines is 1. The normalized spacial score (nSPS) is 10.6. The first-order chi connectivity index (χ1) is 15.5. The lowest BCUT2D eigenvalue weighted by atomic mass is 10.0. The van der Waals surface area contributed by atoms with Crippen LogP contribution in [0.5, 0.6) is 23.0 Å². The summed E-state index contributed by atoms with van der Waals surface area (Å²) in [4.78, 5) is 12.9. The van der Waals surface area contributed by atoms with Crippen molar-refractivity contribution in [1.82, 2.24) is 0 Å². The number of methoxy groups -OCH3 is 3. The summed E-state index contributed by atoms with van der Waals surface area (Å²) in [5, 5.41) is 2.89. The molecule has 0 aromatic heterocycles. The van der Waals surface area contributed by atoms with Gasteiger partial charge < -0.3 is 24.3 Å². The van der Waals surface area contributed by atoms with Crippen molar-refractivity contribution in [3.8, 4) is 23.0 Å². The molecule has 1 N–H and O–H groups in total. The molecule has 0 heterocycles. The molecule has 0 aliphatic heterocycles. The first kappa shape index (κ1) is 23.0. The van der Waals surface area contributed by atoms with Crippen LogP contribution in [0.25, 0.3) is 0 Å². The Morgan fingerprint density at radius 2 is 1.50 bits per heavy atom. The van der Waals surface area contributed by atoms with E-state index in [-0.39, 0.29) is 12.5 Å². The van der Waals surface area contributed by atoms with Crippen molar-refractivity contribution in [2.24, 2.45) is 0 Å². The monoisotopic (exact) mass is 435 g/mol. The SMILES string of the molecule is COc1ccc(C(=O)Nc2ccc(OC)c(OC)c2)cc1COc1ccccc1C(C)C. The predicted molar refractivity (Wildman–Crippen MR) is 125 cm³/mol. The Morgan fingerprint density at radius 3 is 2.19 bits per heavy atom. The fraction of sp³-hybridized carbons (Fsp3) is 0.269. The van der Waals surface area contributed by atoms with E-state index in [9.17, 15) is 4.79 Å². The maximum Gasteiger partial charge on any atom is 0.255 e. The molecule has 0 fully saturated rings. The summed E-state index contributed by atoms with van der Waals surface area (Å²) in [6, 6.07) is 18.5. The molecule has 6 nitrogen and oxygen atoms in total. The number of hydrogen-bond donors (Lipinski definition) is 1. The smallest absolute Gasteiger partial charge is 0.255 e. The number of amides is 1. The molecule has 3 rings (SSSR count). The highest BCUT2D eigenvalue weighted by atomic mass is 16.5. The Bertz CT molecular complexity index is 1080. The van der Waals surface area contributed by atoms with Crippen LogP contribution in [0, 0.1) is 0 Å². The van der Waals surface area contributed by atoms with Crippen LogP contribution in [0.3, 0.4) is 0 Å². The van der Waals surface area contributed by atoms with Crippen molar-refractivity contribution >= 4 is 11.6 Å². The lowest BCUT2D eigenvalue weighted by Crippen LogP contribution is -2.13. The predicted octanol–water partition coefficient (Wildman–Crippen LogP) is 5.67. The van der Waals surface area contributed by atoms with Crippen molar-refractivity contribution < 1.29 is 23.7 Å². The molecule has 0 aliphatic carbocycles. The van der Waals surface area contributed by atoms with Gasteiger partial charge in [0.15, 0.2) is 11.5 Å². The fourth-order valence-electron chi connectivity index (χ4n) is 3.39. The van der Waals surface area contributed by atoms with Crippen molar-refractivity contribution in [1.29, 1.82) is 0 Å². The highest BCUT2D eigenvalue weighted by molar-refractivity contribution is 6.04. The standard InChI is InChI=1S/C26H29NO5/c1-17(2)21-8-6-7-9-23(21)32-16-19-14-18(10-12-22(19)29-3)26(28)27-20-11-13-24(30-4)25(15-20)31-5/h6-15,17H,16H2,1-5H3,(H,27,28). The van der Waals surface area contributed by atoms with Gasteiger partial charge in [-0.15, -0.1) is 0 Å². The summed E-state index contributed by atoms with van der Waals surface area (Å²) >= 11 is 0. The molecule has 0 radical (unpaired) electrons. The summed E-state index contributed by atoms with van der Waals surface area (Å²) in [6.07, 6.45) is 0. The maximum atomic E-state index is 12.9. The largest absolute Gasteiger partial charge is 0.496 e. The molecule has 0 spiro atoms. The first-order valence-electron chi connectivity index (χ1n) is 10.4. The lowest BCUT2D eigenvalue weighted by molar-refractivity contribution is 0.102. The third kappa shape index (κ3) is 5.32. The van der Waals surface area contributed by atoms with Crippen LogP contribution in [0.4, 0.5) is 5.69 Å². The van der Waals surface area contributed by atoms with Gasteiger partial charge >= 0.3 is 0 Å². The molecule has 1 amide bonds. The summed E-state index contributed by atoms with van der Waals surface area (Å²) < 4.78 is 22.1. The topological polar surface area (TPSA) is 66.0 Å². The van der Waals surface area contributed by atoms with E-state index >= 15 is 0 Å². The number of hydrogen-bond acceptors (Lipinski definition) is 5. The van der Waals surface area contributed by atoms with Crippen LogP contribution in [0.15, 0.2) is 60.7 Å². The summed E-state index contributed by atoms with van der Waals surface area (Å²) in [6.45, 7) is 4.54. The van der Waals surface area contributed by atoms with Crippen LogP contribution in [-0.2, 0) is 6.61 Å². The Kier molecular flexibility index (Phi) is 7.60. The average Bonchev–Trinajstić information content (AvgIpc) is 2.82. The van der Waals surface area contributed by atoms with Gasteiger partial charge in [-0.05, 0) is 47.9 Å². The Balaban J connectivity index is 1.79. The van der Waals surface area contributed by atoms with Gasteiger partial charge in [-0.25, -0.2) is 0 Å². The van der Waals surface area contributed by atoms with E-state index in [1.54, 1.807) is 57.7 Å². The second kappa shape index (κ2) is 10.6. The molecule has 3 aromatic rings. The molecular formula is C26H29NO5. The molecule has 6 heteroatoms. The minimum absolute atomic E-state index is 0.247. The molecule has 0 bridgehead atoms. The van der Waals surface area contributed by atoms with Crippen LogP contribution in [0.1, 0.15) is 41.3 Å². The van der Waals surface area contributed by atoms with Crippen LogP contribution in [-0.4, -0.2) is 27.2 Å². The maximum absolute atomic E-state index is 12.9. The highest BCUT2D eigenvalue weighted by Crippen LogP contribution is 2.31. The third-order valence-electron chi connectivity index (χ3n) is 5.11. The van der Waals surface area contributed by atoms with Gasteiger partial charge in [0.05, 0.1) is 21.3 Å². The molecule has 0 saturated heterocycles. The molecule has 32 heavy (non-hydrogen) atoms. The minimum atomic E-state index is -0.247. The summed E-state index contributed by atoms with van der Waals surface area (Å²) in [7, 11) is 4.72. The van der Waals surface area contributed by atoms with Gasteiger partial charge in [0.1, 0.15) is 18.1 Å². The molecule has 0 atom stereocenters. The molecular weight excluding hydrogens is 406 g/mol. The number of ether oxygens (including phenoxy) is 4. The number of nitrogens with one attached hydrogen (secondary N) is 1. The zero-order chi connectivity index (χ0) is 23.1. The van der Waals surface area contributed by atoms with E-state index in [0.29, 0.717) is 34.4 Å². The van der Waals surface area contributed by atoms with Crippen molar-refractivity contribution in [3.05, 3.63) is 77.4 Å². The minimum Gasteiger partial charge on any atom is -0.496 e. The van der Waals surface area contributed by atoms with Crippen LogP contribution >= 0.6 is 0 Å². The van der Waals surface area contributed by atoms with Gasteiger partial charge in [0, 0.05) is 22.9 Å². The summed E-state index contributed by atoms with van der Waals surface area (Å²) in [5.74, 6) is 2.71. The Hall–Kier alpha value is -3.67. The lowest BCUT2D eigenvalue weighted by Gasteiger charge is -2.16. The quantitative estimate of drug-likeness (QED) is 0.469. The highest BCUT2D eigenvalue weighted by Gasteiger charge is 2.14. The third-order valence-corrected chi connectivity index (χ3v) is 5.11. The molecule has 0 unspecified atom stereocenters. The zero-order valence-corrected chi connectivity index (χ0v) is 19.1.